The highest BCUT2D eigenvalue weighted by Crippen LogP contribution is 2.26. The van der Waals surface area contributed by atoms with Crippen molar-refractivity contribution in [3.63, 3.8) is 0 Å². The molecule has 86 valence electrons. The average molecular weight is 207 g/mol. The molecule has 0 aliphatic carbocycles. The molecule has 1 N–H and O–H groups in total. The molecule has 1 heterocycles. The van der Waals surface area contributed by atoms with Crippen LogP contribution in [0.1, 0.15) is 41.1 Å². The second kappa shape index (κ2) is 5.79. The summed E-state index contributed by atoms with van der Waals surface area (Å²) in [6.45, 7) is 8.57. The van der Waals surface area contributed by atoms with Crippen LogP contribution in [0.3, 0.4) is 0 Å². The Bertz CT molecular complexity index is 297. The van der Waals surface area contributed by atoms with Crippen LogP contribution in [0.25, 0.3) is 0 Å². The van der Waals surface area contributed by atoms with E-state index in [1.54, 1.807) is 0 Å². The van der Waals surface area contributed by atoms with E-state index in [1.807, 2.05) is 13.8 Å². The average Bonchev–Trinajstić information content (AvgIpc) is 2.31. The van der Waals surface area contributed by atoms with Crippen LogP contribution in [0.15, 0.2) is 24.3 Å². The van der Waals surface area contributed by atoms with Gasteiger partial charge in [0.15, 0.2) is 0 Å². The number of nitrogens with one attached hydrogen (secondary N) is 1. The SMILES string of the molecule is CC.CC(C)[C@@H]1CCc2ccccc2N1.[HH]. The number of benzene rings is 1. The number of rotatable bonds is 1. The summed E-state index contributed by atoms with van der Waals surface area (Å²) < 4.78 is 0. The monoisotopic (exact) mass is 207 g/mol. The predicted octanol–water partition coefficient (Wildman–Crippen LogP) is 4.34. The number of fused-ring (bicyclic) bond motifs is 1. The van der Waals surface area contributed by atoms with Gasteiger partial charge in [-0.05, 0) is 30.4 Å². The molecule has 0 saturated heterocycles. The lowest BCUT2D eigenvalue weighted by atomic mass is 9.92. The highest BCUT2D eigenvalue weighted by atomic mass is 14.9. The van der Waals surface area contributed by atoms with Crippen molar-refractivity contribution in [1.29, 1.82) is 0 Å². The lowest BCUT2D eigenvalue weighted by molar-refractivity contribution is 0.483. The lowest BCUT2D eigenvalue weighted by Crippen LogP contribution is -2.30. The molecule has 0 radical (unpaired) electrons. The summed E-state index contributed by atoms with van der Waals surface area (Å²) in [5.41, 5.74) is 2.81. The molecule has 1 heteroatoms. The molecule has 1 aliphatic heterocycles. The van der Waals surface area contributed by atoms with Gasteiger partial charge in [-0.2, -0.15) is 0 Å². The third kappa shape index (κ3) is 2.98. The van der Waals surface area contributed by atoms with E-state index in [9.17, 15) is 0 Å². The van der Waals surface area contributed by atoms with Crippen molar-refractivity contribution >= 4 is 5.69 Å². The summed E-state index contributed by atoms with van der Waals surface area (Å²) in [6.07, 6.45) is 2.50. The summed E-state index contributed by atoms with van der Waals surface area (Å²) >= 11 is 0. The van der Waals surface area contributed by atoms with Gasteiger partial charge in [-0.1, -0.05) is 45.9 Å². The first kappa shape index (κ1) is 12.1. The number of hydrogen-bond acceptors (Lipinski definition) is 1. The van der Waals surface area contributed by atoms with Gasteiger partial charge in [0.1, 0.15) is 0 Å². The summed E-state index contributed by atoms with van der Waals surface area (Å²) in [5.74, 6) is 0.730. The van der Waals surface area contributed by atoms with E-state index in [-0.39, 0.29) is 1.43 Å². The number of hydrogen-bond donors (Lipinski definition) is 1. The van der Waals surface area contributed by atoms with Crippen LogP contribution >= 0.6 is 0 Å². The first-order valence-corrected chi connectivity index (χ1v) is 6.12. The number of para-hydroxylation sites is 1. The maximum absolute atomic E-state index is 3.60. The van der Waals surface area contributed by atoms with Crippen molar-refractivity contribution in [3.8, 4) is 0 Å². The molecule has 1 aromatic rings. The molecular weight excluding hydrogens is 182 g/mol. The molecule has 1 atom stereocenters. The molecule has 0 spiro atoms. The number of anilines is 1. The van der Waals surface area contributed by atoms with Gasteiger partial charge in [-0.3, -0.25) is 0 Å². The first-order valence-electron chi connectivity index (χ1n) is 6.12. The fourth-order valence-corrected chi connectivity index (χ4v) is 1.96. The summed E-state index contributed by atoms with van der Waals surface area (Å²) in [6, 6.07) is 9.29. The van der Waals surface area contributed by atoms with E-state index in [0.717, 1.165) is 5.92 Å². The maximum Gasteiger partial charge on any atom is 0.0374 e. The molecule has 1 aliphatic rings. The van der Waals surface area contributed by atoms with E-state index >= 15 is 0 Å². The fourth-order valence-electron chi connectivity index (χ4n) is 1.96. The van der Waals surface area contributed by atoms with Gasteiger partial charge in [0, 0.05) is 13.2 Å². The Morgan fingerprint density at radius 1 is 1.27 bits per heavy atom. The van der Waals surface area contributed by atoms with Crippen molar-refractivity contribution in [2.24, 2.45) is 5.92 Å². The van der Waals surface area contributed by atoms with Gasteiger partial charge in [-0.15, -0.1) is 0 Å². The zero-order valence-electron chi connectivity index (χ0n) is 10.4. The van der Waals surface area contributed by atoms with Gasteiger partial charge in [-0.25, -0.2) is 0 Å². The standard InChI is InChI=1S/C12H17N.C2H6.H2/c1-9(2)11-8-7-10-5-3-4-6-12(10)13-11;1-2;/h3-6,9,11,13H,7-8H2,1-2H3;1-2H3;1H/t11-;;/m0../s1. The second-order valence-corrected chi connectivity index (χ2v) is 4.19. The van der Waals surface area contributed by atoms with Crippen molar-refractivity contribution in [2.75, 3.05) is 5.32 Å². The lowest BCUT2D eigenvalue weighted by Gasteiger charge is -2.29. The molecule has 0 fully saturated rings. The normalized spacial score (nSPS) is 18.6. The van der Waals surface area contributed by atoms with E-state index in [2.05, 4.69) is 43.4 Å². The fraction of sp³-hybridized carbons (Fsp3) is 0.571. The largest absolute Gasteiger partial charge is 0.382 e. The zero-order valence-corrected chi connectivity index (χ0v) is 10.4. The molecule has 15 heavy (non-hydrogen) atoms. The quantitative estimate of drug-likeness (QED) is 0.722. The Hall–Kier alpha value is -0.980. The molecular formula is C14H25N. The Labute approximate surface area is 95.4 Å². The molecule has 1 nitrogen and oxygen atoms in total. The molecule has 1 aromatic carbocycles. The molecule has 0 bridgehead atoms. The van der Waals surface area contributed by atoms with Crippen LogP contribution in [0.5, 0.6) is 0 Å². The highest BCUT2D eigenvalue weighted by molar-refractivity contribution is 5.53. The second-order valence-electron chi connectivity index (χ2n) is 4.19. The molecule has 0 saturated carbocycles. The summed E-state index contributed by atoms with van der Waals surface area (Å²) in [7, 11) is 0. The Morgan fingerprint density at radius 2 is 1.93 bits per heavy atom. The minimum atomic E-state index is 0. The van der Waals surface area contributed by atoms with Gasteiger partial charge in [0.25, 0.3) is 0 Å². The zero-order chi connectivity index (χ0) is 11.3. The van der Waals surface area contributed by atoms with Crippen LogP contribution in [-0.4, -0.2) is 6.04 Å². The minimum Gasteiger partial charge on any atom is -0.382 e. The van der Waals surface area contributed by atoms with E-state index < -0.39 is 0 Å². The van der Waals surface area contributed by atoms with E-state index in [0.29, 0.717) is 6.04 Å². The van der Waals surface area contributed by atoms with E-state index in [1.165, 1.54) is 24.1 Å². The van der Waals surface area contributed by atoms with Crippen molar-refractivity contribution < 1.29 is 1.43 Å². The molecule has 0 aromatic heterocycles. The van der Waals surface area contributed by atoms with Crippen molar-refractivity contribution in [2.45, 2.75) is 46.6 Å². The highest BCUT2D eigenvalue weighted by Gasteiger charge is 2.19. The van der Waals surface area contributed by atoms with Crippen molar-refractivity contribution in [1.82, 2.24) is 0 Å². The van der Waals surface area contributed by atoms with Gasteiger partial charge < -0.3 is 5.32 Å². The third-order valence-electron chi connectivity index (χ3n) is 2.89. The van der Waals surface area contributed by atoms with Crippen LogP contribution in [-0.2, 0) is 6.42 Å². The van der Waals surface area contributed by atoms with Gasteiger partial charge in [0.2, 0.25) is 0 Å². The number of aryl methyl sites for hydroxylation is 1. The molecule has 2 rings (SSSR count). The Balaban J connectivity index is 0.000000711. The molecule has 0 amide bonds. The van der Waals surface area contributed by atoms with E-state index in [4.69, 9.17) is 0 Å². The topological polar surface area (TPSA) is 12.0 Å². The van der Waals surface area contributed by atoms with Crippen LogP contribution in [0.2, 0.25) is 0 Å². The third-order valence-corrected chi connectivity index (χ3v) is 2.89. The van der Waals surface area contributed by atoms with Crippen LogP contribution < -0.4 is 5.32 Å². The van der Waals surface area contributed by atoms with Crippen LogP contribution in [0, 0.1) is 5.92 Å². The van der Waals surface area contributed by atoms with Gasteiger partial charge >= 0.3 is 0 Å². The van der Waals surface area contributed by atoms with Crippen molar-refractivity contribution in [3.05, 3.63) is 29.8 Å². The Kier molecular flexibility index (Phi) is 4.67. The minimum absolute atomic E-state index is 0. The Morgan fingerprint density at radius 3 is 2.60 bits per heavy atom. The molecule has 0 unspecified atom stereocenters. The maximum atomic E-state index is 3.60. The first-order chi connectivity index (χ1) is 7.27. The van der Waals surface area contributed by atoms with Gasteiger partial charge in [0.05, 0.1) is 0 Å². The summed E-state index contributed by atoms with van der Waals surface area (Å²) in [4.78, 5) is 0. The predicted molar refractivity (Wildman–Crippen MR) is 70.5 cm³/mol. The van der Waals surface area contributed by atoms with Crippen LogP contribution in [0.4, 0.5) is 5.69 Å². The smallest absolute Gasteiger partial charge is 0.0374 e. The summed E-state index contributed by atoms with van der Waals surface area (Å²) in [5, 5.41) is 3.60.